The van der Waals surface area contributed by atoms with Crippen molar-refractivity contribution in [3.05, 3.63) is 59.5 Å². The lowest BCUT2D eigenvalue weighted by Crippen LogP contribution is -2.09. The van der Waals surface area contributed by atoms with Crippen molar-refractivity contribution in [2.75, 3.05) is 12.8 Å². The van der Waals surface area contributed by atoms with E-state index in [-0.39, 0.29) is 5.69 Å². The summed E-state index contributed by atoms with van der Waals surface area (Å²) in [6.07, 6.45) is 12.9. The number of anilines is 1. The molecule has 1 aromatic rings. The first kappa shape index (κ1) is 14.1. The van der Waals surface area contributed by atoms with Crippen molar-refractivity contribution in [1.29, 1.82) is 0 Å². The van der Waals surface area contributed by atoms with E-state index in [4.69, 9.17) is 5.73 Å². The zero-order valence-corrected chi connectivity index (χ0v) is 11.7. The highest BCUT2D eigenvalue weighted by atomic mass is 16.5. The Labute approximate surface area is 118 Å². The van der Waals surface area contributed by atoms with Crippen molar-refractivity contribution in [1.82, 2.24) is 4.98 Å². The van der Waals surface area contributed by atoms with Gasteiger partial charge >= 0.3 is 5.97 Å². The van der Waals surface area contributed by atoms with Gasteiger partial charge in [-0.15, -0.1) is 0 Å². The van der Waals surface area contributed by atoms with Crippen molar-refractivity contribution in [3.8, 4) is 0 Å². The van der Waals surface area contributed by atoms with Gasteiger partial charge in [-0.1, -0.05) is 37.3 Å². The van der Waals surface area contributed by atoms with Gasteiger partial charge in [0.15, 0.2) is 5.69 Å². The van der Waals surface area contributed by atoms with Crippen molar-refractivity contribution in [2.24, 2.45) is 5.92 Å². The summed E-state index contributed by atoms with van der Waals surface area (Å²) in [6.45, 7) is 2.13. The predicted molar refractivity (Wildman–Crippen MR) is 79.2 cm³/mol. The number of allylic oxidation sites excluding steroid dienone is 6. The second kappa shape index (κ2) is 6.19. The number of carbonyl (C=O) groups excluding carboxylic acids is 1. The molecule has 0 bridgehead atoms. The number of nitrogens with two attached hydrogens (primary N) is 1. The summed E-state index contributed by atoms with van der Waals surface area (Å²) in [4.78, 5) is 15.5. The molecular weight excluding hydrogens is 252 g/mol. The second-order valence-corrected chi connectivity index (χ2v) is 4.79. The SMILES string of the molecule is COC(=O)c1ncc(CC2=CC=CC(C)C=C2)cc1N. The number of hydrogen-bond donors (Lipinski definition) is 1. The van der Waals surface area contributed by atoms with E-state index < -0.39 is 5.97 Å². The first-order valence-electron chi connectivity index (χ1n) is 6.48. The van der Waals surface area contributed by atoms with Crippen LogP contribution in [0.15, 0.2) is 48.2 Å². The third-order valence-electron chi connectivity index (χ3n) is 3.10. The van der Waals surface area contributed by atoms with Crippen molar-refractivity contribution in [2.45, 2.75) is 13.3 Å². The molecule has 0 saturated carbocycles. The normalized spacial score (nSPS) is 17.5. The van der Waals surface area contributed by atoms with Gasteiger partial charge < -0.3 is 10.5 Å². The second-order valence-electron chi connectivity index (χ2n) is 4.79. The van der Waals surface area contributed by atoms with E-state index in [2.05, 4.69) is 47.0 Å². The summed E-state index contributed by atoms with van der Waals surface area (Å²) in [6, 6.07) is 1.77. The third kappa shape index (κ3) is 3.35. The number of nitrogen functional groups attached to an aromatic ring is 1. The molecule has 1 heterocycles. The van der Waals surface area contributed by atoms with E-state index in [1.165, 1.54) is 12.7 Å². The largest absolute Gasteiger partial charge is 0.464 e. The van der Waals surface area contributed by atoms with Crippen LogP contribution in [-0.4, -0.2) is 18.1 Å². The molecule has 1 aliphatic carbocycles. The quantitative estimate of drug-likeness (QED) is 0.858. The van der Waals surface area contributed by atoms with Gasteiger partial charge in [-0.05, 0) is 29.5 Å². The molecule has 0 amide bonds. The fraction of sp³-hybridized carbons (Fsp3) is 0.250. The average molecular weight is 270 g/mol. The molecule has 0 spiro atoms. The van der Waals surface area contributed by atoms with Crippen LogP contribution in [0.1, 0.15) is 23.0 Å². The van der Waals surface area contributed by atoms with Crippen LogP contribution in [0.25, 0.3) is 0 Å². The van der Waals surface area contributed by atoms with Gasteiger partial charge in [-0.2, -0.15) is 0 Å². The molecule has 1 unspecified atom stereocenters. The van der Waals surface area contributed by atoms with E-state index in [1.54, 1.807) is 12.3 Å². The predicted octanol–water partition coefficient (Wildman–Crippen LogP) is 2.68. The molecule has 20 heavy (non-hydrogen) atoms. The number of methoxy groups -OCH3 is 1. The molecule has 4 heteroatoms. The van der Waals surface area contributed by atoms with Crippen LogP contribution in [0.3, 0.4) is 0 Å². The van der Waals surface area contributed by atoms with Crippen LogP contribution in [0.4, 0.5) is 5.69 Å². The zero-order valence-electron chi connectivity index (χ0n) is 11.7. The Kier molecular flexibility index (Phi) is 4.35. The van der Waals surface area contributed by atoms with E-state index in [0.29, 0.717) is 11.6 Å². The number of carbonyl (C=O) groups is 1. The van der Waals surface area contributed by atoms with Gasteiger partial charge in [-0.3, -0.25) is 0 Å². The summed E-state index contributed by atoms with van der Waals surface area (Å²) in [5.41, 5.74) is 8.49. The molecule has 0 radical (unpaired) electrons. The number of rotatable bonds is 3. The lowest BCUT2D eigenvalue weighted by Gasteiger charge is -2.06. The first-order valence-corrected chi connectivity index (χ1v) is 6.48. The topological polar surface area (TPSA) is 65.2 Å². The number of pyridine rings is 1. The lowest BCUT2D eigenvalue weighted by atomic mass is 10.0. The molecule has 104 valence electrons. The molecule has 0 aliphatic heterocycles. The Morgan fingerprint density at radius 2 is 2.25 bits per heavy atom. The molecular formula is C16H18N2O2. The van der Waals surface area contributed by atoms with E-state index in [9.17, 15) is 4.79 Å². The summed E-state index contributed by atoms with van der Waals surface area (Å²) in [5, 5.41) is 0. The summed E-state index contributed by atoms with van der Waals surface area (Å²) in [5.74, 6) is -0.0759. The van der Waals surface area contributed by atoms with Gasteiger partial charge in [0, 0.05) is 6.20 Å². The number of nitrogens with zero attached hydrogens (tertiary/aromatic N) is 1. The highest BCUT2D eigenvalue weighted by Crippen LogP contribution is 2.18. The van der Waals surface area contributed by atoms with Gasteiger partial charge in [0.1, 0.15) is 0 Å². The number of ether oxygens (including phenoxy) is 1. The van der Waals surface area contributed by atoms with Gasteiger partial charge in [0.05, 0.1) is 12.8 Å². The van der Waals surface area contributed by atoms with Gasteiger partial charge in [0.25, 0.3) is 0 Å². The Morgan fingerprint density at radius 1 is 1.45 bits per heavy atom. The minimum absolute atomic E-state index is 0.162. The molecule has 0 fully saturated rings. The average Bonchev–Trinajstić information content (AvgIpc) is 2.63. The fourth-order valence-corrected chi connectivity index (χ4v) is 1.99. The Balaban J connectivity index is 2.17. The molecule has 1 aliphatic rings. The van der Waals surface area contributed by atoms with Gasteiger partial charge in [-0.25, -0.2) is 9.78 Å². The zero-order chi connectivity index (χ0) is 14.5. The van der Waals surface area contributed by atoms with E-state index in [1.807, 2.05) is 0 Å². The molecule has 1 atom stereocenters. The van der Waals surface area contributed by atoms with Crippen LogP contribution >= 0.6 is 0 Å². The van der Waals surface area contributed by atoms with Crippen LogP contribution in [0.2, 0.25) is 0 Å². The maximum Gasteiger partial charge on any atom is 0.358 e. The molecule has 2 N–H and O–H groups in total. The number of aromatic nitrogens is 1. The third-order valence-corrected chi connectivity index (χ3v) is 3.10. The van der Waals surface area contributed by atoms with Crippen LogP contribution in [-0.2, 0) is 11.2 Å². The molecule has 1 aromatic heterocycles. The lowest BCUT2D eigenvalue weighted by molar-refractivity contribution is 0.0595. The number of hydrogen-bond acceptors (Lipinski definition) is 4. The Bertz CT molecular complexity index is 600. The summed E-state index contributed by atoms with van der Waals surface area (Å²) in [7, 11) is 1.31. The van der Waals surface area contributed by atoms with E-state index in [0.717, 1.165) is 12.0 Å². The maximum atomic E-state index is 11.4. The first-order chi connectivity index (χ1) is 9.60. The van der Waals surface area contributed by atoms with Gasteiger partial charge in [0.2, 0.25) is 0 Å². The fourth-order valence-electron chi connectivity index (χ4n) is 1.99. The summed E-state index contributed by atoms with van der Waals surface area (Å²) >= 11 is 0. The monoisotopic (exact) mass is 270 g/mol. The minimum Gasteiger partial charge on any atom is -0.464 e. The molecule has 0 aromatic carbocycles. The van der Waals surface area contributed by atoms with E-state index >= 15 is 0 Å². The standard InChI is InChI=1S/C16H18N2O2/c1-11-4-3-5-12(7-6-11)8-13-9-14(17)15(18-10-13)16(19)20-2/h3-7,9-11H,8,17H2,1-2H3. The summed E-state index contributed by atoms with van der Waals surface area (Å²) < 4.78 is 4.62. The highest BCUT2D eigenvalue weighted by Gasteiger charge is 2.12. The van der Waals surface area contributed by atoms with Crippen LogP contribution in [0.5, 0.6) is 0 Å². The molecule has 4 nitrogen and oxygen atoms in total. The highest BCUT2D eigenvalue weighted by molar-refractivity contribution is 5.92. The van der Waals surface area contributed by atoms with Crippen LogP contribution in [0, 0.1) is 5.92 Å². The number of esters is 1. The maximum absolute atomic E-state index is 11.4. The van der Waals surface area contributed by atoms with Crippen molar-refractivity contribution < 1.29 is 9.53 Å². The smallest absolute Gasteiger partial charge is 0.358 e. The van der Waals surface area contributed by atoms with Crippen molar-refractivity contribution in [3.63, 3.8) is 0 Å². The molecule has 0 saturated heterocycles. The molecule has 2 rings (SSSR count). The van der Waals surface area contributed by atoms with Crippen molar-refractivity contribution >= 4 is 11.7 Å². The Hall–Kier alpha value is -2.36. The minimum atomic E-state index is -0.514. The van der Waals surface area contributed by atoms with Crippen LogP contribution < -0.4 is 5.73 Å². The Morgan fingerprint density at radius 3 is 2.95 bits per heavy atom.